The van der Waals surface area contributed by atoms with Crippen LogP contribution in [0.15, 0.2) is 18.2 Å². The van der Waals surface area contributed by atoms with Crippen LogP contribution in [0.4, 0.5) is 5.69 Å². The van der Waals surface area contributed by atoms with Crippen LogP contribution in [0, 0.1) is 10.1 Å². The molecule has 0 aliphatic heterocycles. The number of carboxylic acids is 1. The molecule has 1 rings (SSSR count). The zero-order valence-corrected chi connectivity index (χ0v) is 12.1. The predicted octanol–water partition coefficient (Wildman–Crippen LogP) is 0.823. The van der Waals surface area contributed by atoms with E-state index in [0.29, 0.717) is 0 Å². The van der Waals surface area contributed by atoms with E-state index in [1.165, 1.54) is 26.4 Å². The highest BCUT2D eigenvalue weighted by atomic mass is 16.6. The second kappa shape index (κ2) is 7.93. The first-order valence-corrected chi connectivity index (χ1v) is 6.25. The van der Waals surface area contributed by atoms with Crippen LogP contribution in [0.1, 0.15) is 16.8 Å². The standard InChI is InChI=1S/C13H16N2O7/c1-21-6-5-9(13(17)18)14-12(16)8-3-4-10(15(19)20)11(7-8)22-2/h3-4,7,9H,5-6H2,1-2H3,(H,14,16)(H,17,18). The van der Waals surface area contributed by atoms with Crippen molar-refractivity contribution in [3.05, 3.63) is 33.9 Å². The van der Waals surface area contributed by atoms with Gasteiger partial charge in [-0.3, -0.25) is 14.9 Å². The van der Waals surface area contributed by atoms with Gasteiger partial charge in [0.05, 0.1) is 12.0 Å². The Hall–Kier alpha value is -2.68. The van der Waals surface area contributed by atoms with E-state index in [4.69, 9.17) is 14.6 Å². The van der Waals surface area contributed by atoms with E-state index < -0.39 is 22.8 Å². The molecule has 0 bridgehead atoms. The average molecular weight is 312 g/mol. The van der Waals surface area contributed by atoms with Crippen molar-refractivity contribution in [2.75, 3.05) is 20.8 Å². The largest absolute Gasteiger partial charge is 0.490 e. The van der Waals surface area contributed by atoms with Crippen LogP contribution in [-0.2, 0) is 9.53 Å². The molecule has 1 unspecified atom stereocenters. The van der Waals surface area contributed by atoms with Gasteiger partial charge in [0.2, 0.25) is 0 Å². The number of carbonyl (C=O) groups excluding carboxylic acids is 1. The molecule has 0 spiro atoms. The molecular formula is C13H16N2O7. The number of hydrogen-bond donors (Lipinski definition) is 2. The molecule has 9 nitrogen and oxygen atoms in total. The Morgan fingerprint density at radius 1 is 1.41 bits per heavy atom. The molecule has 1 amide bonds. The van der Waals surface area contributed by atoms with Gasteiger partial charge >= 0.3 is 11.7 Å². The Bertz CT molecular complexity index is 574. The highest BCUT2D eigenvalue weighted by Gasteiger charge is 2.22. The maximum atomic E-state index is 12.0. The smallest absolute Gasteiger partial charge is 0.326 e. The summed E-state index contributed by atoms with van der Waals surface area (Å²) in [5.74, 6) is -1.95. The number of nitrogens with one attached hydrogen (secondary N) is 1. The van der Waals surface area contributed by atoms with Gasteiger partial charge in [0, 0.05) is 37.8 Å². The molecule has 0 saturated carbocycles. The monoisotopic (exact) mass is 312 g/mol. The number of benzene rings is 1. The third kappa shape index (κ3) is 4.42. The Morgan fingerprint density at radius 3 is 2.59 bits per heavy atom. The van der Waals surface area contributed by atoms with Gasteiger partial charge in [-0.2, -0.15) is 0 Å². The van der Waals surface area contributed by atoms with Crippen LogP contribution in [0.3, 0.4) is 0 Å². The van der Waals surface area contributed by atoms with Crippen molar-refractivity contribution in [1.82, 2.24) is 5.32 Å². The van der Waals surface area contributed by atoms with Gasteiger partial charge < -0.3 is 19.9 Å². The van der Waals surface area contributed by atoms with Gasteiger partial charge in [-0.05, 0) is 6.07 Å². The molecule has 9 heteroatoms. The lowest BCUT2D eigenvalue weighted by Gasteiger charge is -2.14. The van der Waals surface area contributed by atoms with Crippen molar-refractivity contribution in [2.45, 2.75) is 12.5 Å². The minimum atomic E-state index is -1.20. The summed E-state index contributed by atoms with van der Waals surface area (Å²) < 4.78 is 9.64. The second-order valence-electron chi connectivity index (χ2n) is 4.29. The lowest BCUT2D eigenvalue weighted by atomic mass is 10.1. The maximum Gasteiger partial charge on any atom is 0.326 e. The molecule has 0 aromatic heterocycles. The number of methoxy groups -OCH3 is 2. The number of nitrogens with zero attached hydrogens (tertiary/aromatic N) is 1. The van der Waals surface area contributed by atoms with E-state index in [1.54, 1.807) is 0 Å². The number of carboxylic acid groups (broad SMARTS) is 1. The summed E-state index contributed by atoms with van der Waals surface area (Å²) >= 11 is 0. The van der Waals surface area contributed by atoms with Crippen molar-refractivity contribution < 1.29 is 29.1 Å². The van der Waals surface area contributed by atoms with E-state index >= 15 is 0 Å². The van der Waals surface area contributed by atoms with Crippen molar-refractivity contribution >= 4 is 17.6 Å². The van der Waals surface area contributed by atoms with Crippen LogP contribution in [0.25, 0.3) is 0 Å². The summed E-state index contributed by atoms with van der Waals surface area (Å²) in [6.45, 7) is 0.167. The summed E-state index contributed by atoms with van der Waals surface area (Å²) in [6.07, 6.45) is 0.0989. The van der Waals surface area contributed by atoms with Crippen molar-refractivity contribution in [3.8, 4) is 5.75 Å². The topological polar surface area (TPSA) is 128 Å². The lowest BCUT2D eigenvalue weighted by Crippen LogP contribution is -2.41. The zero-order chi connectivity index (χ0) is 16.7. The van der Waals surface area contributed by atoms with Gasteiger partial charge in [-0.1, -0.05) is 0 Å². The number of hydrogen-bond acceptors (Lipinski definition) is 6. The van der Waals surface area contributed by atoms with E-state index in [9.17, 15) is 19.7 Å². The minimum Gasteiger partial charge on any atom is -0.490 e. The van der Waals surface area contributed by atoms with Gasteiger partial charge in [0.15, 0.2) is 5.75 Å². The molecular weight excluding hydrogens is 296 g/mol. The molecule has 1 atom stereocenters. The number of aliphatic carboxylic acids is 1. The molecule has 120 valence electrons. The van der Waals surface area contributed by atoms with Gasteiger partial charge in [0.25, 0.3) is 5.91 Å². The molecule has 0 aliphatic carbocycles. The van der Waals surface area contributed by atoms with E-state index in [1.807, 2.05) is 0 Å². The van der Waals surface area contributed by atoms with E-state index in [2.05, 4.69) is 5.32 Å². The van der Waals surface area contributed by atoms with Gasteiger partial charge in [-0.15, -0.1) is 0 Å². The Kier molecular flexibility index (Phi) is 6.26. The highest BCUT2D eigenvalue weighted by Crippen LogP contribution is 2.27. The van der Waals surface area contributed by atoms with Crippen molar-refractivity contribution in [3.63, 3.8) is 0 Å². The molecule has 1 aromatic carbocycles. The fourth-order valence-electron chi connectivity index (χ4n) is 1.70. The molecule has 0 heterocycles. The minimum absolute atomic E-state index is 0.0612. The number of rotatable bonds is 8. The quantitative estimate of drug-likeness (QED) is 0.537. The number of ether oxygens (including phenoxy) is 2. The molecule has 0 fully saturated rings. The summed E-state index contributed by atoms with van der Waals surface area (Å²) in [4.78, 5) is 33.2. The molecule has 0 radical (unpaired) electrons. The molecule has 0 saturated heterocycles. The third-order valence-corrected chi connectivity index (χ3v) is 2.85. The number of nitro groups is 1. The first-order chi connectivity index (χ1) is 10.4. The molecule has 2 N–H and O–H groups in total. The summed E-state index contributed by atoms with van der Waals surface area (Å²) in [7, 11) is 2.66. The van der Waals surface area contributed by atoms with E-state index in [0.717, 1.165) is 6.07 Å². The molecule has 0 aliphatic rings. The average Bonchev–Trinajstić information content (AvgIpc) is 2.49. The third-order valence-electron chi connectivity index (χ3n) is 2.85. The second-order valence-corrected chi connectivity index (χ2v) is 4.29. The fraction of sp³-hybridized carbons (Fsp3) is 0.385. The molecule has 1 aromatic rings. The van der Waals surface area contributed by atoms with Gasteiger partial charge in [0.1, 0.15) is 6.04 Å². The van der Waals surface area contributed by atoms with Crippen LogP contribution in [-0.4, -0.2) is 48.8 Å². The van der Waals surface area contributed by atoms with Crippen LogP contribution >= 0.6 is 0 Å². The Morgan fingerprint density at radius 2 is 2.09 bits per heavy atom. The SMILES string of the molecule is COCCC(NC(=O)c1ccc([N+](=O)[O-])c(OC)c1)C(=O)O. The van der Waals surface area contributed by atoms with Crippen LogP contribution < -0.4 is 10.1 Å². The normalized spacial score (nSPS) is 11.5. The zero-order valence-electron chi connectivity index (χ0n) is 12.1. The number of carbonyl (C=O) groups is 2. The van der Waals surface area contributed by atoms with Crippen LogP contribution in [0.2, 0.25) is 0 Å². The molecule has 22 heavy (non-hydrogen) atoms. The number of nitro benzene ring substituents is 1. The fourth-order valence-corrected chi connectivity index (χ4v) is 1.70. The predicted molar refractivity (Wildman–Crippen MR) is 75.0 cm³/mol. The summed E-state index contributed by atoms with van der Waals surface area (Å²) in [5, 5.41) is 22.1. The summed E-state index contributed by atoms with van der Waals surface area (Å²) in [6, 6.07) is 2.42. The van der Waals surface area contributed by atoms with Crippen molar-refractivity contribution in [2.24, 2.45) is 0 Å². The number of amides is 1. The summed E-state index contributed by atoms with van der Waals surface area (Å²) in [5.41, 5.74) is -0.223. The van der Waals surface area contributed by atoms with Crippen LogP contribution in [0.5, 0.6) is 5.75 Å². The van der Waals surface area contributed by atoms with Gasteiger partial charge in [-0.25, -0.2) is 4.79 Å². The maximum absolute atomic E-state index is 12.0. The Labute approximate surface area is 126 Å². The first-order valence-electron chi connectivity index (χ1n) is 6.25. The van der Waals surface area contributed by atoms with Crippen molar-refractivity contribution in [1.29, 1.82) is 0 Å². The van der Waals surface area contributed by atoms with E-state index in [-0.39, 0.29) is 30.0 Å². The Balaban J connectivity index is 2.92. The first kappa shape index (κ1) is 17.4. The lowest BCUT2D eigenvalue weighted by molar-refractivity contribution is -0.385. The highest BCUT2D eigenvalue weighted by molar-refractivity contribution is 5.97.